The summed E-state index contributed by atoms with van der Waals surface area (Å²) in [5, 5.41) is 3.89. The van der Waals surface area contributed by atoms with Gasteiger partial charge in [-0.05, 0) is 42.3 Å². The predicted molar refractivity (Wildman–Crippen MR) is 78.8 cm³/mol. The van der Waals surface area contributed by atoms with Crippen LogP contribution in [0.25, 0.3) is 11.1 Å². The Hall–Kier alpha value is -1.38. The lowest BCUT2D eigenvalue weighted by molar-refractivity contribution is 0.587. The Balaban J connectivity index is 2.16. The fourth-order valence-electron chi connectivity index (χ4n) is 1.91. The van der Waals surface area contributed by atoms with Crippen LogP contribution >= 0.6 is 11.6 Å². The second-order valence-corrected chi connectivity index (χ2v) is 4.93. The van der Waals surface area contributed by atoms with Crippen molar-refractivity contribution in [1.82, 2.24) is 5.32 Å². The molecule has 0 unspecified atom stereocenters. The quantitative estimate of drug-likeness (QED) is 0.785. The lowest BCUT2D eigenvalue weighted by Crippen LogP contribution is -2.14. The zero-order valence-electron chi connectivity index (χ0n) is 10.9. The van der Waals surface area contributed by atoms with Gasteiger partial charge in [-0.2, -0.15) is 0 Å². The summed E-state index contributed by atoms with van der Waals surface area (Å²) in [7, 11) is 0. The number of hydrogen-bond donors (Lipinski definition) is 1. The zero-order valence-corrected chi connectivity index (χ0v) is 11.7. The molecule has 1 N–H and O–H groups in total. The molecule has 0 atom stereocenters. The number of rotatable bonds is 5. The SMILES string of the molecule is CCCNCc1ccc(-c2ccc(Cl)cc2)cc1F. The van der Waals surface area contributed by atoms with E-state index in [0.29, 0.717) is 17.1 Å². The second kappa shape index (κ2) is 6.69. The van der Waals surface area contributed by atoms with E-state index in [9.17, 15) is 4.39 Å². The molecule has 0 aliphatic carbocycles. The predicted octanol–water partition coefficient (Wildman–Crippen LogP) is 4.65. The van der Waals surface area contributed by atoms with Crippen molar-refractivity contribution < 1.29 is 4.39 Å². The summed E-state index contributed by atoms with van der Waals surface area (Å²) in [4.78, 5) is 0. The van der Waals surface area contributed by atoms with E-state index >= 15 is 0 Å². The minimum Gasteiger partial charge on any atom is -0.313 e. The third-order valence-electron chi connectivity index (χ3n) is 2.97. The summed E-state index contributed by atoms with van der Waals surface area (Å²) in [6.45, 7) is 3.56. The first kappa shape index (κ1) is 14.0. The number of nitrogens with one attached hydrogen (secondary N) is 1. The minimum atomic E-state index is -0.170. The van der Waals surface area contributed by atoms with Gasteiger partial charge in [-0.3, -0.25) is 0 Å². The van der Waals surface area contributed by atoms with Gasteiger partial charge in [0, 0.05) is 17.1 Å². The summed E-state index contributed by atoms with van der Waals surface area (Å²) >= 11 is 5.84. The van der Waals surface area contributed by atoms with Crippen LogP contribution in [-0.2, 0) is 6.54 Å². The second-order valence-electron chi connectivity index (χ2n) is 4.49. The number of benzene rings is 2. The molecule has 19 heavy (non-hydrogen) atoms. The maximum Gasteiger partial charge on any atom is 0.128 e. The fourth-order valence-corrected chi connectivity index (χ4v) is 2.04. The monoisotopic (exact) mass is 277 g/mol. The maximum absolute atomic E-state index is 14.0. The van der Waals surface area contributed by atoms with Gasteiger partial charge in [-0.1, -0.05) is 42.8 Å². The molecular formula is C16H17ClFN. The molecule has 0 spiro atoms. The number of halogens is 2. The third kappa shape index (κ3) is 3.79. The van der Waals surface area contributed by atoms with E-state index < -0.39 is 0 Å². The van der Waals surface area contributed by atoms with Gasteiger partial charge in [0.2, 0.25) is 0 Å². The molecular weight excluding hydrogens is 261 g/mol. The van der Waals surface area contributed by atoms with Crippen LogP contribution in [0.5, 0.6) is 0 Å². The van der Waals surface area contributed by atoms with Gasteiger partial charge in [0.25, 0.3) is 0 Å². The summed E-state index contributed by atoms with van der Waals surface area (Å²) in [5.74, 6) is -0.170. The van der Waals surface area contributed by atoms with E-state index in [1.807, 2.05) is 36.4 Å². The molecule has 0 aromatic heterocycles. The van der Waals surface area contributed by atoms with Gasteiger partial charge in [0.05, 0.1) is 0 Å². The molecule has 0 radical (unpaired) electrons. The largest absolute Gasteiger partial charge is 0.313 e. The molecule has 0 fully saturated rings. The maximum atomic E-state index is 14.0. The third-order valence-corrected chi connectivity index (χ3v) is 3.22. The smallest absolute Gasteiger partial charge is 0.128 e. The van der Waals surface area contributed by atoms with E-state index in [0.717, 1.165) is 24.1 Å². The lowest BCUT2D eigenvalue weighted by Gasteiger charge is -2.07. The highest BCUT2D eigenvalue weighted by molar-refractivity contribution is 6.30. The van der Waals surface area contributed by atoms with Crippen molar-refractivity contribution in [1.29, 1.82) is 0 Å². The highest BCUT2D eigenvalue weighted by Crippen LogP contribution is 2.23. The Morgan fingerprint density at radius 3 is 2.37 bits per heavy atom. The van der Waals surface area contributed by atoms with Gasteiger partial charge in [0.1, 0.15) is 5.82 Å². The average molecular weight is 278 g/mol. The Labute approximate surface area is 118 Å². The van der Waals surface area contributed by atoms with Gasteiger partial charge in [-0.25, -0.2) is 4.39 Å². The first-order valence-corrected chi connectivity index (χ1v) is 6.83. The Morgan fingerprint density at radius 2 is 1.74 bits per heavy atom. The summed E-state index contributed by atoms with van der Waals surface area (Å²) in [6, 6.07) is 12.8. The minimum absolute atomic E-state index is 0.170. The molecule has 3 heteroatoms. The fraction of sp³-hybridized carbons (Fsp3) is 0.250. The molecule has 2 aromatic carbocycles. The molecule has 0 amide bonds. The first-order chi connectivity index (χ1) is 9.20. The van der Waals surface area contributed by atoms with Crippen molar-refractivity contribution in [2.45, 2.75) is 19.9 Å². The van der Waals surface area contributed by atoms with E-state index in [-0.39, 0.29) is 5.82 Å². The van der Waals surface area contributed by atoms with Crippen molar-refractivity contribution in [3.05, 3.63) is 58.9 Å². The van der Waals surface area contributed by atoms with Gasteiger partial charge >= 0.3 is 0 Å². The highest BCUT2D eigenvalue weighted by atomic mass is 35.5. The summed E-state index contributed by atoms with van der Waals surface area (Å²) in [6.07, 6.45) is 1.05. The van der Waals surface area contributed by atoms with Gasteiger partial charge in [-0.15, -0.1) is 0 Å². The van der Waals surface area contributed by atoms with Gasteiger partial charge < -0.3 is 5.32 Å². The van der Waals surface area contributed by atoms with Crippen molar-refractivity contribution in [2.24, 2.45) is 0 Å². The van der Waals surface area contributed by atoms with E-state index in [2.05, 4.69) is 12.2 Å². The van der Waals surface area contributed by atoms with E-state index in [4.69, 9.17) is 11.6 Å². The average Bonchev–Trinajstić information content (AvgIpc) is 2.42. The number of hydrogen-bond acceptors (Lipinski definition) is 1. The molecule has 2 aromatic rings. The van der Waals surface area contributed by atoms with Gasteiger partial charge in [0.15, 0.2) is 0 Å². The first-order valence-electron chi connectivity index (χ1n) is 6.46. The molecule has 0 bridgehead atoms. The molecule has 1 nitrogen and oxygen atoms in total. The molecule has 2 rings (SSSR count). The van der Waals surface area contributed by atoms with Crippen molar-refractivity contribution in [3.8, 4) is 11.1 Å². The topological polar surface area (TPSA) is 12.0 Å². The van der Waals surface area contributed by atoms with Crippen molar-refractivity contribution >= 4 is 11.6 Å². The molecule has 0 heterocycles. The Kier molecular flexibility index (Phi) is 4.94. The van der Waals surface area contributed by atoms with Crippen LogP contribution in [0.15, 0.2) is 42.5 Å². The van der Waals surface area contributed by atoms with Crippen molar-refractivity contribution in [3.63, 3.8) is 0 Å². The van der Waals surface area contributed by atoms with Crippen LogP contribution in [0.3, 0.4) is 0 Å². The van der Waals surface area contributed by atoms with Crippen LogP contribution in [-0.4, -0.2) is 6.54 Å². The van der Waals surface area contributed by atoms with E-state index in [1.165, 1.54) is 0 Å². The van der Waals surface area contributed by atoms with Crippen LogP contribution in [0.4, 0.5) is 4.39 Å². The highest BCUT2D eigenvalue weighted by Gasteiger charge is 2.05. The lowest BCUT2D eigenvalue weighted by atomic mass is 10.0. The van der Waals surface area contributed by atoms with Crippen LogP contribution in [0.1, 0.15) is 18.9 Å². The Morgan fingerprint density at radius 1 is 1.05 bits per heavy atom. The summed E-state index contributed by atoms with van der Waals surface area (Å²) in [5.41, 5.74) is 2.54. The zero-order chi connectivity index (χ0) is 13.7. The molecule has 0 saturated carbocycles. The summed E-state index contributed by atoms with van der Waals surface area (Å²) < 4.78 is 14.0. The van der Waals surface area contributed by atoms with Crippen LogP contribution in [0.2, 0.25) is 5.02 Å². The normalized spacial score (nSPS) is 10.7. The molecule has 0 aliphatic rings. The van der Waals surface area contributed by atoms with Crippen LogP contribution < -0.4 is 5.32 Å². The standard InChI is InChI=1S/C16H17ClFN/c1-2-9-19-11-14-4-3-13(10-16(14)18)12-5-7-15(17)8-6-12/h3-8,10,19H,2,9,11H2,1H3. The Bertz CT molecular complexity index is 537. The van der Waals surface area contributed by atoms with Crippen molar-refractivity contribution in [2.75, 3.05) is 6.54 Å². The molecule has 0 aliphatic heterocycles. The molecule has 100 valence electrons. The van der Waals surface area contributed by atoms with E-state index in [1.54, 1.807) is 6.07 Å². The van der Waals surface area contributed by atoms with Crippen LogP contribution in [0, 0.1) is 5.82 Å². The molecule has 0 saturated heterocycles.